The lowest BCUT2D eigenvalue weighted by Gasteiger charge is -2.21. The Kier molecular flexibility index (Phi) is 5.08. The average molecular weight is 289 g/mol. The molecule has 1 atom stereocenters. The predicted molar refractivity (Wildman–Crippen MR) is 83.7 cm³/mol. The van der Waals surface area contributed by atoms with Crippen molar-refractivity contribution in [1.29, 1.82) is 0 Å². The number of nitrogens with one attached hydrogen (secondary N) is 2. The normalized spacial score (nSPS) is 12.4. The van der Waals surface area contributed by atoms with Crippen molar-refractivity contribution in [3.8, 4) is 5.95 Å². The molecule has 0 amide bonds. The van der Waals surface area contributed by atoms with E-state index in [9.17, 15) is 0 Å². The maximum atomic E-state index is 4.46. The molecule has 7 heteroatoms. The summed E-state index contributed by atoms with van der Waals surface area (Å²) in [7, 11) is 0. The van der Waals surface area contributed by atoms with E-state index in [0.717, 1.165) is 13.0 Å². The van der Waals surface area contributed by atoms with Crippen LogP contribution in [0.5, 0.6) is 0 Å². The van der Waals surface area contributed by atoms with E-state index in [0.29, 0.717) is 29.8 Å². The number of aromatic nitrogens is 5. The Morgan fingerprint density at radius 2 is 1.90 bits per heavy atom. The van der Waals surface area contributed by atoms with Crippen LogP contribution in [0.3, 0.4) is 0 Å². The lowest BCUT2D eigenvalue weighted by atomic mass is 10.0. The maximum absolute atomic E-state index is 4.46. The second kappa shape index (κ2) is 7.01. The van der Waals surface area contributed by atoms with E-state index in [1.807, 2.05) is 19.2 Å². The minimum atomic E-state index is 0.326. The van der Waals surface area contributed by atoms with E-state index in [1.165, 1.54) is 0 Å². The molecule has 0 radical (unpaired) electrons. The molecule has 7 nitrogen and oxygen atoms in total. The quantitative estimate of drug-likeness (QED) is 0.814. The molecule has 0 spiro atoms. The zero-order valence-corrected chi connectivity index (χ0v) is 13.0. The fraction of sp³-hybridized carbons (Fsp3) is 0.571. The zero-order valence-electron chi connectivity index (χ0n) is 13.0. The van der Waals surface area contributed by atoms with Crippen LogP contribution in [-0.4, -0.2) is 37.3 Å². The fourth-order valence-electron chi connectivity index (χ4n) is 2.06. The summed E-state index contributed by atoms with van der Waals surface area (Å²) in [5.74, 6) is 2.14. The van der Waals surface area contributed by atoms with Gasteiger partial charge < -0.3 is 10.6 Å². The monoisotopic (exact) mass is 289 g/mol. The van der Waals surface area contributed by atoms with Crippen LogP contribution in [-0.2, 0) is 0 Å². The fourth-order valence-corrected chi connectivity index (χ4v) is 2.06. The molecule has 0 aliphatic heterocycles. The van der Waals surface area contributed by atoms with Crippen molar-refractivity contribution in [2.24, 2.45) is 5.92 Å². The standard InChI is InChI=1S/C14H23N7/c1-5-11(10(3)4)17-13-18-12(15-6-2)19-14(20-13)21-9-7-8-16-21/h7-11H,5-6H2,1-4H3,(H2,15,17,18,19,20). The Hall–Kier alpha value is -2.18. The Morgan fingerprint density at radius 1 is 1.14 bits per heavy atom. The van der Waals surface area contributed by atoms with E-state index in [-0.39, 0.29) is 0 Å². The molecule has 1 unspecified atom stereocenters. The Bertz CT molecular complexity index is 550. The molecular formula is C14H23N7. The lowest BCUT2D eigenvalue weighted by Crippen LogP contribution is -2.26. The van der Waals surface area contributed by atoms with Crippen molar-refractivity contribution in [1.82, 2.24) is 24.7 Å². The SMILES string of the molecule is CCNc1nc(NC(CC)C(C)C)nc(-n2cccn2)n1. The highest BCUT2D eigenvalue weighted by atomic mass is 15.4. The van der Waals surface area contributed by atoms with Gasteiger partial charge in [0.2, 0.25) is 11.9 Å². The van der Waals surface area contributed by atoms with Gasteiger partial charge in [0.15, 0.2) is 0 Å². The Morgan fingerprint density at radius 3 is 2.48 bits per heavy atom. The number of anilines is 2. The van der Waals surface area contributed by atoms with Crippen LogP contribution in [0.15, 0.2) is 18.5 Å². The molecule has 2 aromatic heterocycles. The maximum Gasteiger partial charge on any atom is 0.257 e. The molecule has 21 heavy (non-hydrogen) atoms. The topological polar surface area (TPSA) is 80.5 Å². The number of rotatable bonds is 7. The Balaban J connectivity index is 2.31. The third-order valence-corrected chi connectivity index (χ3v) is 3.23. The van der Waals surface area contributed by atoms with Crippen LogP contribution < -0.4 is 10.6 Å². The first-order valence-electron chi connectivity index (χ1n) is 7.40. The summed E-state index contributed by atoms with van der Waals surface area (Å²) in [5.41, 5.74) is 0. The van der Waals surface area contributed by atoms with Crippen molar-refractivity contribution >= 4 is 11.9 Å². The summed E-state index contributed by atoms with van der Waals surface area (Å²) in [6.07, 6.45) is 4.53. The van der Waals surface area contributed by atoms with Crippen LogP contribution in [0.1, 0.15) is 34.1 Å². The molecule has 0 saturated heterocycles. The summed E-state index contributed by atoms with van der Waals surface area (Å²) >= 11 is 0. The molecule has 2 aromatic rings. The van der Waals surface area contributed by atoms with Crippen molar-refractivity contribution in [2.45, 2.75) is 40.2 Å². The highest BCUT2D eigenvalue weighted by Gasteiger charge is 2.14. The van der Waals surface area contributed by atoms with Gasteiger partial charge in [-0.1, -0.05) is 20.8 Å². The first-order valence-corrected chi connectivity index (χ1v) is 7.40. The highest BCUT2D eigenvalue weighted by molar-refractivity contribution is 5.38. The first kappa shape index (κ1) is 15.2. The molecule has 0 aliphatic rings. The summed E-state index contributed by atoms with van der Waals surface area (Å²) in [6, 6.07) is 2.17. The van der Waals surface area contributed by atoms with E-state index < -0.39 is 0 Å². The smallest absolute Gasteiger partial charge is 0.257 e. The minimum absolute atomic E-state index is 0.326. The minimum Gasteiger partial charge on any atom is -0.354 e. The summed E-state index contributed by atoms with van der Waals surface area (Å²) in [6.45, 7) is 9.28. The van der Waals surface area contributed by atoms with E-state index in [1.54, 1.807) is 10.9 Å². The van der Waals surface area contributed by atoms with Crippen LogP contribution in [0, 0.1) is 5.92 Å². The van der Waals surface area contributed by atoms with Gasteiger partial charge in [0, 0.05) is 25.0 Å². The lowest BCUT2D eigenvalue weighted by molar-refractivity contribution is 0.507. The Labute approximate surface area is 125 Å². The molecule has 2 N–H and O–H groups in total. The molecule has 0 fully saturated rings. The van der Waals surface area contributed by atoms with Gasteiger partial charge in [-0.3, -0.25) is 0 Å². The zero-order chi connectivity index (χ0) is 15.2. The first-order chi connectivity index (χ1) is 10.1. The van der Waals surface area contributed by atoms with Crippen molar-refractivity contribution in [2.75, 3.05) is 17.2 Å². The van der Waals surface area contributed by atoms with Crippen LogP contribution in [0.4, 0.5) is 11.9 Å². The predicted octanol–water partition coefficient (Wildman–Crippen LogP) is 2.34. The van der Waals surface area contributed by atoms with E-state index >= 15 is 0 Å². The number of hydrogen-bond donors (Lipinski definition) is 2. The average Bonchev–Trinajstić information content (AvgIpc) is 2.99. The molecule has 0 aliphatic carbocycles. The van der Waals surface area contributed by atoms with Crippen LogP contribution in [0.2, 0.25) is 0 Å². The molecular weight excluding hydrogens is 266 g/mol. The van der Waals surface area contributed by atoms with Gasteiger partial charge in [-0.25, -0.2) is 4.68 Å². The third-order valence-electron chi connectivity index (χ3n) is 3.23. The molecule has 0 aromatic carbocycles. The summed E-state index contributed by atoms with van der Waals surface area (Å²) < 4.78 is 1.63. The number of nitrogens with zero attached hydrogens (tertiary/aromatic N) is 5. The van der Waals surface area contributed by atoms with Gasteiger partial charge in [-0.15, -0.1) is 0 Å². The second-order valence-electron chi connectivity index (χ2n) is 5.17. The molecule has 2 heterocycles. The molecule has 114 valence electrons. The molecule has 2 rings (SSSR count). The van der Waals surface area contributed by atoms with Crippen LogP contribution >= 0.6 is 0 Å². The summed E-state index contributed by atoms with van der Waals surface area (Å²) in [4.78, 5) is 13.2. The van der Waals surface area contributed by atoms with E-state index in [4.69, 9.17) is 0 Å². The van der Waals surface area contributed by atoms with Gasteiger partial charge in [0.05, 0.1) is 0 Å². The second-order valence-corrected chi connectivity index (χ2v) is 5.17. The third kappa shape index (κ3) is 3.90. The van der Waals surface area contributed by atoms with Gasteiger partial charge in [0.1, 0.15) is 0 Å². The van der Waals surface area contributed by atoms with Gasteiger partial charge in [-0.05, 0) is 25.3 Å². The largest absolute Gasteiger partial charge is 0.354 e. The van der Waals surface area contributed by atoms with Gasteiger partial charge >= 0.3 is 0 Å². The van der Waals surface area contributed by atoms with Crippen molar-refractivity contribution in [3.05, 3.63) is 18.5 Å². The van der Waals surface area contributed by atoms with Gasteiger partial charge in [0.25, 0.3) is 5.95 Å². The molecule has 0 bridgehead atoms. The highest BCUT2D eigenvalue weighted by Crippen LogP contribution is 2.14. The van der Waals surface area contributed by atoms with Crippen molar-refractivity contribution < 1.29 is 0 Å². The van der Waals surface area contributed by atoms with Crippen LogP contribution in [0.25, 0.3) is 5.95 Å². The molecule has 0 saturated carbocycles. The number of hydrogen-bond acceptors (Lipinski definition) is 6. The summed E-state index contributed by atoms with van der Waals surface area (Å²) in [5, 5.41) is 10.7. The van der Waals surface area contributed by atoms with Gasteiger partial charge in [-0.2, -0.15) is 20.1 Å². The van der Waals surface area contributed by atoms with E-state index in [2.05, 4.69) is 51.5 Å². The van der Waals surface area contributed by atoms with Crippen molar-refractivity contribution in [3.63, 3.8) is 0 Å².